The molecule has 16 heavy (non-hydrogen) atoms. The van der Waals surface area contributed by atoms with Gasteiger partial charge in [-0.3, -0.25) is 0 Å². The largest absolute Gasteiger partial charge is 0.478 e. The molecule has 1 aromatic rings. The summed E-state index contributed by atoms with van der Waals surface area (Å²) in [5, 5.41) is 18.3. The average Bonchev–Trinajstić information content (AvgIpc) is 2.64. The average molecular weight is 221 g/mol. The first-order valence-electron chi connectivity index (χ1n) is 5.35. The van der Waals surface area contributed by atoms with Crippen molar-refractivity contribution in [3.05, 3.63) is 29.3 Å². The molecule has 1 unspecified atom stereocenters. The van der Waals surface area contributed by atoms with Crippen molar-refractivity contribution in [1.82, 2.24) is 0 Å². The molecule has 0 saturated carbocycles. The van der Waals surface area contributed by atoms with Crippen LogP contribution in [0.5, 0.6) is 0 Å². The number of benzene rings is 1. The van der Waals surface area contributed by atoms with Crippen LogP contribution in [0.1, 0.15) is 22.3 Å². The van der Waals surface area contributed by atoms with Gasteiger partial charge >= 0.3 is 5.97 Å². The molecule has 1 fully saturated rings. The van der Waals surface area contributed by atoms with E-state index >= 15 is 0 Å². The lowest BCUT2D eigenvalue weighted by molar-refractivity contribution is 0.0696. The number of rotatable bonds is 2. The first kappa shape index (κ1) is 11.0. The fraction of sp³-hybridized carbons (Fsp3) is 0.417. The lowest BCUT2D eigenvalue weighted by Gasteiger charge is -2.18. The van der Waals surface area contributed by atoms with E-state index in [-0.39, 0.29) is 6.10 Å². The van der Waals surface area contributed by atoms with Gasteiger partial charge in [0.05, 0.1) is 11.7 Å². The standard InChI is InChI=1S/C12H15NO3/c1-8-6-9(2-3-11(8)12(15)16)13-5-4-10(14)7-13/h2-3,6,10,14H,4-5,7H2,1H3,(H,15,16). The third kappa shape index (κ3) is 2.02. The Morgan fingerprint density at radius 1 is 1.50 bits per heavy atom. The number of aromatic carboxylic acids is 1. The molecule has 0 amide bonds. The molecule has 1 aliphatic heterocycles. The molecule has 0 bridgehead atoms. The molecule has 0 radical (unpaired) electrons. The molecule has 4 nitrogen and oxygen atoms in total. The summed E-state index contributed by atoms with van der Waals surface area (Å²) in [4.78, 5) is 12.9. The number of hydrogen-bond acceptors (Lipinski definition) is 3. The Bertz CT molecular complexity index is 417. The molecule has 4 heteroatoms. The van der Waals surface area contributed by atoms with Gasteiger partial charge in [-0.05, 0) is 37.1 Å². The number of anilines is 1. The number of aliphatic hydroxyl groups excluding tert-OH is 1. The Labute approximate surface area is 94.1 Å². The van der Waals surface area contributed by atoms with Gasteiger partial charge in [-0.1, -0.05) is 0 Å². The Morgan fingerprint density at radius 3 is 2.75 bits per heavy atom. The quantitative estimate of drug-likeness (QED) is 0.789. The van der Waals surface area contributed by atoms with Crippen molar-refractivity contribution >= 4 is 11.7 Å². The third-order valence-corrected chi connectivity index (χ3v) is 2.97. The maximum Gasteiger partial charge on any atom is 0.335 e. The maximum atomic E-state index is 10.9. The number of hydrogen-bond donors (Lipinski definition) is 2. The van der Waals surface area contributed by atoms with E-state index in [2.05, 4.69) is 4.90 Å². The SMILES string of the molecule is Cc1cc(N2CCC(O)C2)ccc1C(=O)O. The molecule has 0 spiro atoms. The Hall–Kier alpha value is -1.55. The Morgan fingerprint density at radius 2 is 2.25 bits per heavy atom. The summed E-state index contributed by atoms with van der Waals surface area (Å²) in [6.45, 7) is 3.25. The summed E-state index contributed by atoms with van der Waals surface area (Å²) in [6.07, 6.45) is 0.513. The number of nitrogens with zero attached hydrogens (tertiary/aromatic N) is 1. The second kappa shape index (κ2) is 4.14. The van der Waals surface area contributed by atoms with Crippen LogP contribution >= 0.6 is 0 Å². The highest BCUT2D eigenvalue weighted by Crippen LogP contribution is 2.23. The van der Waals surface area contributed by atoms with Crippen LogP contribution in [0.4, 0.5) is 5.69 Å². The molecule has 1 heterocycles. The van der Waals surface area contributed by atoms with Crippen LogP contribution in [0.25, 0.3) is 0 Å². The second-order valence-electron chi connectivity index (χ2n) is 4.19. The van der Waals surface area contributed by atoms with Crippen molar-refractivity contribution in [2.24, 2.45) is 0 Å². The summed E-state index contributed by atoms with van der Waals surface area (Å²) in [6, 6.07) is 5.29. The molecule has 2 rings (SSSR count). The molecule has 1 aromatic carbocycles. The Balaban J connectivity index is 2.24. The second-order valence-corrected chi connectivity index (χ2v) is 4.19. The van der Waals surface area contributed by atoms with Crippen LogP contribution in [0.3, 0.4) is 0 Å². The van der Waals surface area contributed by atoms with Crippen LogP contribution in [-0.2, 0) is 0 Å². The van der Waals surface area contributed by atoms with E-state index in [4.69, 9.17) is 5.11 Å². The van der Waals surface area contributed by atoms with Crippen molar-refractivity contribution in [2.75, 3.05) is 18.0 Å². The smallest absolute Gasteiger partial charge is 0.335 e. The molecule has 1 atom stereocenters. The highest BCUT2D eigenvalue weighted by Gasteiger charge is 2.21. The zero-order valence-electron chi connectivity index (χ0n) is 9.18. The van der Waals surface area contributed by atoms with E-state index in [0.717, 1.165) is 24.2 Å². The van der Waals surface area contributed by atoms with Crippen molar-refractivity contribution in [2.45, 2.75) is 19.4 Å². The van der Waals surface area contributed by atoms with E-state index in [0.29, 0.717) is 12.1 Å². The molecule has 1 aliphatic rings. The lowest BCUT2D eigenvalue weighted by Crippen LogP contribution is -2.21. The minimum absolute atomic E-state index is 0.264. The number of carboxylic acids is 1. The van der Waals surface area contributed by atoms with Crippen molar-refractivity contribution in [1.29, 1.82) is 0 Å². The Kier molecular flexibility index (Phi) is 2.83. The molecular formula is C12H15NO3. The summed E-state index contributed by atoms with van der Waals surface area (Å²) >= 11 is 0. The van der Waals surface area contributed by atoms with Crippen molar-refractivity contribution in [3.63, 3.8) is 0 Å². The topological polar surface area (TPSA) is 60.8 Å². The minimum atomic E-state index is -0.898. The van der Waals surface area contributed by atoms with E-state index in [1.165, 1.54) is 0 Å². The predicted octanol–water partition coefficient (Wildman–Crippen LogP) is 1.26. The van der Waals surface area contributed by atoms with E-state index < -0.39 is 5.97 Å². The zero-order valence-corrected chi connectivity index (χ0v) is 9.18. The van der Waals surface area contributed by atoms with Gasteiger partial charge in [-0.15, -0.1) is 0 Å². The third-order valence-electron chi connectivity index (χ3n) is 2.97. The van der Waals surface area contributed by atoms with Gasteiger partial charge in [0.15, 0.2) is 0 Å². The van der Waals surface area contributed by atoms with E-state index in [1.807, 2.05) is 6.07 Å². The van der Waals surface area contributed by atoms with Gasteiger partial charge < -0.3 is 15.1 Å². The van der Waals surface area contributed by atoms with Crippen molar-refractivity contribution < 1.29 is 15.0 Å². The number of carboxylic acid groups (broad SMARTS) is 1. The van der Waals surface area contributed by atoms with Gasteiger partial charge in [0.1, 0.15) is 0 Å². The van der Waals surface area contributed by atoms with Crippen molar-refractivity contribution in [3.8, 4) is 0 Å². The lowest BCUT2D eigenvalue weighted by atomic mass is 10.1. The summed E-state index contributed by atoms with van der Waals surface area (Å²) in [5.41, 5.74) is 2.08. The monoisotopic (exact) mass is 221 g/mol. The highest BCUT2D eigenvalue weighted by atomic mass is 16.4. The summed E-state index contributed by atoms with van der Waals surface area (Å²) in [7, 11) is 0. The van der Waals surface area contributed by atoms with E-state index in [1.54, 1.807) is 19.1 Å². The summed E-state index contributed by atoms with van der Waals surface area (Å²) < 4.78 is 0. The van der Waals surface area contributed by atoms with Crippen LogP contribution in [-0.4, -0.2) is 35.4 Å². The molecule has 2 N–H and O–H groups in total. The number of aliphatic hydroxyl groups is 1. The van der Waals surface area contributed by atoms with Gasteiger partial charge in [-0.25, -0.2) is 4.79 Å². The molecular weight excluding hydrogens is 206 g/mol. The number of carbonyl (C=O) groups is 1. The molecule has 1 saturated heterocycles. The van der Waals surface area contributed by atoms with Gasteiger partial charge in [0, 0.05) is 18.8 Å². The normalized spacial score (nSPS) is 20.1. The fourth-order valence-electron chi connectivity index (χ4n) is 2.06. The van der Waals surface area contributed by atoms with Gasteiger partial charge in [0.2, 0.25) is 0 Å². The van der Waals surface area contributed by atoms with Crippen LogP contribution < -0.4 is 4.90 Å². The van der Waals surface area contributed by atoms with Gasteiger partial charge in [0.25, 0.3) is 0 Å². The van der Waals surface area contributed by atoms with Crippen LogP contribution in [0, 0.1) is 6.92 Å². The minimum Gasteiger partial charge on any atom is -0.478 e. The zero-order chi connectivity index (χ0) is 11.7. The molecule has 0 aliphatic carbocycles. The molecule has 86 valence electrons. The maximum absolute atomic E-state index is 10.9. The number of aryl methyl sites for hydroxylation is 1. The number of β-amino-alcohol motifs (C(OH)–C–C–N with tert-alkyl or cyclic N) is 1. The molecule has 0 aromatic heterocycles. The first-order chi connectivity index (χ1) is 7.58. The first-order valence-corrected chi connectivity index (χ1v) is 5.35. The highest BCUT2D eigenvalue weighted by molar-refractivity contribution is 5.89. The predicted molar refractivity (Wildman–Crippen MR) is 61.0 cm³/mol. The fourth-order valence-corrected chi connectivity index (χ4v) is 2.06. The van der Waals surface area contributed by atoms with Crippen LogP contribution in [0.2, 0.25) is 0 Å². The van der Waals surface area contributed by atoms with Crippen LogP contribution in [0.15, 0.2) is 18.2 Å². The van der Waals surface area contributed by atoms with Gasteiger partial charge in [-0.2, -0.15) is 0 Å². The summed E-state index contributed by atoms with van der Waals surface area (Å²) in [5.74, 6) is -0.898. The van der Waals surface area contributed by atoms with E-state index in [9.17, 15) is 9.90 Å².